The molecular weight excluding hydrogens is 294 g/mol. The van der Waals surface area contributed by atoms with Crippen molar-refractivity contribution in [3.05, 3.63) is 29.8 Å². The van der Waals surface area contributed by atoms with Crippen LogP contribution in [0, 0.1) is 5.92 Å². The van der Waals surface area contributed by atoms with Crippen molar-refractivity contribution in [1.29, 1.82) is 0 Å². The van der Waals surface area contributed by atoms with Crippen LogP contribution in [0.3, 0.4) is 0 Å². The maximum Gasteiger partial charge on any atom is 0.319 e. The minimum atomic E-state index is -0.276. The Bertz CT molecular complexity index is 542. The van der Waals surface area contributed by atoms with Crippen molar-refractivity contribution in [2.75, 3.05) is 39.2 Å². The van der Waals surface area contributed by atoms with E-state index in [0.29, 0.717) is 24.4 Å². The molecule has 1 aliphatic rings. The summed E-state index contributed by atoms with van der Waals surface area (Å²) in [5, 5.41) is 5.51. The molecule has 1 fully saturated rings. The highest BCUT2D eigenvalue weighted by Crippen LogP contribution is 2.28. The second-order valence-electron chi connectivity index (χ2n) is 6.03. The lowest BCUT2D eigenvalue weighted by Gasteiger charge is -2.12. The maximum absolute atomic E-state index is 11.9. The van der Waals surface area contributed by atoms with Crippen molar-refractivity contribution in [3.8, 4) is 0 Å². The molecule has 0 heterocycles. The summed E-state index contributed by atoms with van der Waals surface area (Å²) in [6, 6.07) is 6.62. The van der Waals surface area contributed by atoms with E-state index in [1.54, 1.807) is 38.4 Å². The van der Waals surface area contributed by atoms with E-state index in [1.165, 1.54) is 17.7 Å². The highest BCUT2D eigenvalue weighted by Gasteiger charge is 2.20. The van der Waals surface area contributed by atoms with Gasteiger partial charge in [-0.05, 0) is 43.4 Å². The van der Waals surface area contributed by atoms with E-state index < -0.39 is 0 Å². The van der Waals surface area contributed by atoms with Crippen LogP contribution in [-0.4, -0.2) is 50.7 Å². The lowest BCUT2D eigenvalue weighted by atomic mass is 10.2. The third-order valence-corrected chi connectivity index (χ3v) is 3.58. The van der Waals surface area contributed by atoms with Crippen molar-refractivity contribution in [3.63, 3.8) is 0 Å². The van der Waals surface area contributed by atoms with Gasteiger partial charge in [0.15, 0.2) is 0 Å². The Kier molecular flexibility index (Phi) is 6.40. The van der Waals surface area contributed by atoms with E-state index in [-0.39, 0.29) is 11.9 Å². The van der Waals surface area contributed by atoms with Gasteiger partial charge >= 0.3 is 6.03 Å². The van der Waals surface area contributed by atoms with Crippen molar-refractivity contribution in [1.82, 2.24) is 10.2 Å². The van der Waals surface area contributed by atoms with E-state index in [4.69, 9.17) is 4.74 Å². The van der Waals surface area contributed by atoms with Crippen LogP contribution < -0.4 is 10.6 Å². The third-order valence-electron chi connectivity index (χ3n) is 3.58. The highest BCUT2D eigenvalue weighted by atomic mass is 16.5. The summed E-state index contributed by atoms with van der Waals surface area (Å²) in [6.45, 7) is 2.08. The van der Waals surface area contributed by atoms with Crippen LogP contribution in [0.25, 0.3) is 0 Å². The molecule has 0 bridgehead atoms. The van der Waals surface area contributed by atoms with Crippen LogP contribution in [0.15, 0.2) is 24.3 Å². The topological polar surface area (TPSA) is 70.7 Å². The number of nitrogens with zero attached hydrogens (tertiary/aromatic N) is 1. The van der Waals surface area contributed by atoms with Crippen molar-refractivity contribution < 1.29 is 14.3 Å². The number of anilines is 1. The normalized spacial score (nSPS) is 13.5. The Hall–Kier alpha value is -2.08. The minimum absolute atomic E-state index is 0.0955. The van der Waals surface area contributed by atoms with Crippen LogP contribution in [0.1, 0.15) is 29.6 Å². The molecular formula is C17H25N3O3. The van der Waals surface area contributed by atoms with Gasteiger partial charge in [0, 0.05) is 45.1 Å². The van der Waals surface area contributed by atoms with E-state index in [9.17, 15) is 9.59 Å². The first kappa shape index (κ1) is 17.3. The fraction of sp³-hybridized carbons (Fsp3) is 0.529. The van der Waals surface area contributed by atoms with Gasteiger partial charge < -0.3 is 20.3 Å². The molecule has 1 aromatic carbocycles. The number of benzene rings is 1. The summed E-state index contributed by atoms with van der Waals surface area (Å²) < 4.78 is 5.51. The number of hydrogen-bond donors (Lipinski definition) is 2. The zero-order valence-corrected chi connectivity index (χ0v) is 13.8. The van der Waals surface area contributed by atoms with Gasteiger partial charge in [-0.3, -0.25) is 4.79 Å². The fourth-order valence-corrected chi connectivity index (χ4v) is 2.07. The number of nitrogens with one attached hydrogen (secondary N) is 2. The summed E-state index contributed by atoms with van der Waals surface area (Å²) in [6.07, 6.45) is 3.37. The Balaban J connectivity index is 1.67. The number of urea groups is 1. The predicted octanol–water partition coefficient (Wildman–Crippen LogP) is 2.33. The monoisotopic (exact) mass is 319 g/mol. The standard InChI is InChI=1S/C17H25N3O3/c1-20(2)16(21)14-5-3-6-15(11-14)19-17(22)18-9-4-10-23-12-13-7-8-13/h3,5-6,11,13H,4,7-10,12H2,1-2H3,(H2,18,19,22). The maximum atomic E-state index is 11.9. The van der Waals surface area contributed by atoms with Gasteiger partial charge in [0.25, 0.3) is 5.91 Å². The molecule has 1 aromatic rings. The van der Waals surface area contributed by atoms with E-state index >= 15 is 0 Å². The van der Waals surface area contributed by atoms with Crippen LogP contribution in [0.5, 0.6) is 0 Å². The van der Waals surface area contributed by atoms with Crippen LogP contribution >= 0.6 is 0 Å². The van der Waals surface area contributed by atoms with Gasteiger partial charge in [-0.15, -0.1) is 0 Å². The highest BCUT2D eigenvalue weighted by molar-refractivity contribution is 5.96. The second kappa shape index (κ2) is 8.53. The molecule has 0 spiro atoms. The van der Waals surface area contributed by atoms with E-state index in [1.807, 2.05) is 0 Å². The summed E-state index contributed by atoms with van der Waals surface area (Å²) in [5.74, 6) is 0.672. The number of rotatable bonds is 8. The molecule has 1 saturated carbocycles. The second-order valence-corrected chi connectivity index (χ2v) is 6.03. The molecule has 0 atom stereocenters. The third kappa shape index (κ3) is 6.28. The fourth-order valence-electron chi connectivity index (χ4n) is 2.07. The molecule has 0 unspecified atom stereocenters. The smallest absolute Gasteiger partial charge is 0.319 e. The van der Waals surface area contributed by atoms with Gasteiger partial charge in [-0.25, -0.2) is 4.79 Å². The first-order chi connectivity index (χ1) is 11.1. The molecule has 2 N–H and O–H groups in total. The molecule has 6 heteroatoms. The molecule has 126 valence electrons. The van der Waals surface area contributed by atoms with Gasteiger partial charge in [-0.2, -0.15) is 0 Å². The molecule has 1 aliphatic carbocycles. The molecule has 3 amide bonds. The van der Waals surface area contributed by atoms with Gasteiger partial charge in [0.2, 0.25) is 0 Å². The first-order valence-corrected chi connectivity index (χ1v) is 8.00. The number of ether oxygens (including phenoxy) is 1. The van der Waals surface area contributed by atoms with Crippen molar-refractivity contribution in [2.24, 2.45) is 5.92 Å². The Morgan fingerprint density at radius 3 is 2.78 bits per heavy atom. The summed E-state index contributed by atoms with van der Waals surface area (Å²) in [5.41, 5.74) is 1.14. The molecule has 0 aliphatic heterocycles. The summed E-state index contributed by atoms with van der Waals surface area (Å²) in [4.78, 5) is 25.2. The Morgan fingerprint density at radius 1 is 1.30 bits per heavy atom. The number of carbonyl (C=O) groups excluding carboxylic acids is 2. The lowest BCUT2D eigenvalue weighted by molar-refractivity contribution is 0.0827. The number of hydrogen-bond acceptors (Lipinski definition) is 3. The van der Waals surface area contributed by atoms with E-state index in [2.05, 4.69) is 10.6 Å². The SMILES string of the molecule is CN(C)C(=O)c1cccc(NC(=O)NCCCOCC2CC2)c1. The number of carbonyl (C=O) groups is 2. The average molecular weight is 319 g/mol. The zero-order chi connectivity index (χ0) is 16.7. The minimum Gasteiger partial charge on any atom is -0.381 e. The van der Waals surface area contributed by atoms with Crippen LogP contribution in [0.4, 0.5) is 10.5 Å². The predicted molar refractivity (Wildman–Crippen MR) is 89.6 cm³/mol. The average Bonchev–Trinajstić information content (AvgIpc) is 3.34. The summed E-state index contributed by atoms with van der Waals surface area (Å²) in [7, 11) is 3.39. The lowest BCUT2D eigenvalue weighted by Crippen LogP contribution is -2.30. The molecule has 6 nitrogen and oxygen atoms in total. The molecule has 0 saturated heterocycles. The number of amides is 3. The Morgan fingerprint density at radius 2 is 2.09 bits per heavy atom. The molecule has 0 aromatic heterocycles. The van der Waals surface area contributed by atoms with Crippen molar-refractivity contribution >= 4 is 17.6 Å². The quantitative estimate of drug-likeness (QED) is 0.723. The Labute approximate surface area is 137 Å². The zero-order valence-electron chi connectivity index (χ0n) is 13.8. The largest absolute Gasteiger partial charge is 0.381 e. The van der Waals surface area contributed by atoms with Gasteiger partial charge in [-0.1, -0.05) is 6.07 Å². The van der Waals surface area contributed by atoms with Crippen LogP contribution in [0.2, 0.25) is 0 Å². The summed E-state index contributed by atoms with van der Waals surface area (Å²) >= 11 is 0. The molecule has 2 rings (SSSR count). The van der Waals surface area contributed by atoms with E-state index in [0.717, 1.165) is 18.9 Å². The van der Waals surface area contributed by atoms with Crippen molar-refractivity contribution in [2.45, 2.75) is 19.3 Å². The van der Waals surface area contributed by atoms with Crippen LogP contribution in [-0.2, 0) is 4.74 Å². The van der Waals surface area contributed by atoms with Gasteiger partial charge in [0.1, 0.15) is 0 Å². The first-order valence-electron chi connectivity index (χ1n) is 8.00. The molecule has 0 radical (unpaired) electrons. The van der Waals surface area contributed by atoms with Gasteiger partial charge in [0.05, 0.1) is 0 Å². The molecule has 23 heavy (non-hydrogen) atoms.